The third-order valence-electron chi connectivity index (χ3n) is 7.19. The van der Waals surface area contributed by atoms with Gasteiger partial charge in [-0.05, 0) is 72.3 Å². The van der Waals surface area contributed by atoms with Crippen LogP contribution in [-0.4, -0.2) is 24.2 Å². The van der Waals surface area contributed by atoms with Crippen molar-refractivity contribution in [3.8, 4) is 11.1 Å². The summed E-state index contributed by atoms with van der Waals surface area (Å²) in [6.07, 6.45) is 5.01. The molecule has 4 heteroatoms. The molecule has 0 amide bonds. The smallest absolute Gasteiger partial charge is 0.340 e. The number of carbonyl (C=O) groups is 1. The lowest BCUT2D eigenvalue weighted by Crippen LogP contribution is -2.14. The van der Waals surface area contributed by atoms with Gasteiger partial charge in [0, 0.05) is 30.2 Å². The molecule has 0 atom stereocenters. The summed E-state index contributed by atoms with van der Waals surface area (Å²) in [5, 5.41) is 6.70. The van der Waals surface area contributed by atoms with Gasteiger partial charge in [0.1, 0.15) is 0 Å². The maximum atomic E-state index is 13.1. The molecule has 1 saturated carbocycles. The Balaban J connectivity index is 1.84. The Morgan fingerprint density at radius 1 is 1.03 bits per heavy atom. The molecule has 1 N–H and O–H groups in total. The first-order chi connectivity index (χ1) is 16.1. The van der Waals surface area contributed by atoms with E-state index in [0.29, 0.717) is 24.6 Å². The van der Waals surface area contributed by atoms with Crippen molar-refractivity contribution in [1.29, 1.82) is 0 Å². The van der Waals surface area contributed by atoms with Gasteiger partial charge in [0.05, 0.1) is 12.2 Å². The number of carbonyl (C=O) groups excluding carboxylic acids is 1. The summed E-state index contributed by atoms with van der Waals surface area (Å²) in [4.78, 5) is 13.1. The highest BCUT2D eigenvalue weighted by Gasteiger charge is 2.27. The van der Waals surface area contributed by atoms with E-state index in [1.54, 1.807) is 0 Å². The molecule has 170 valence electrons. The van der Waals surface area contributed by atoms with Crippen LogP contribution in [0.2, 0.25) is 0 Å². The Labute approximate surface area is 195 Å². The van der Waals surface area contributed by atoms with Crippen LogP contribution >= 0.6 is 0 Å². The minimum Gasteiger partial charge on any atom is -0.462 e. The topological polar surface area (TPSA) is 43.3 Å². The lowest BCUT2D eigenvalue weighted by Gasteiger charge is -2.18. The molecular formula is C29H32N2O2. The monoisotopic (exact) mass is 440 g/mol. The SMILES string of the molecule is CCOC(=O)c1c(CNC)n(C)c2cc(C3CCCC3)c(-c3cccc4ccccc34)cc12. The number of hydrogen-bond donors (Lipinski definition) is 1. The molecular weight excluding hydrogens is 408 g/mol. The van der Waals surface area contributed by atoms with Gasteiger partial charge in [-0.2, -0.15) is 0 Å². The van der Waals surface area contributed by atoms with Crippen LogP contribution in [0.4, 0.5) is 0 Å². The molecule has 33 heavy (non-hydrogen) atoms. The van der Waals surface area contributed by atoms with Crippen LogP contribution in [-0.2, 0) is 18.3 Å². The van der Waals surface area contributed by atoms with Gasteiger partial charge >= 0.3 is 5.97 Å². The lowest BCUT2D eigenvalue weighted by atomic mass is 9.86. The van der Waals surface area contributed by atoms with E-state index in [4.69, 9.17) is 4.74 Å². The van der Waals surface area contributed by atoms with Crippen molar-refractivity contribution >= 4 is 27.6 Å². The summed E-state index contributed by atoms with van der Waals surface area (Å²) >= 11 is 0. The van der Waals surface area contributed by atoms with Gasteiger partial charge in [0.2, 0.25) is 0 Å². The zero-order valence-electron chi connectivity index (χ0n) is 19.8. The summed E-state index contributed by atoms with van der Waals surface area (Å²) in [5.41, 5.74) is 6.66. The van der Waals surface area contributed by atoms with Gasteiger partial charge < -0.3 is 14.6 Å². The maximum Gasteiger partial charge on any atom is 0.340 e. The highest BCUT2D eigenvalue weighted by atomic mass is 16.5. The van der Waals surface area contributed by atoms with Gasteiger partial charge in [-0.15, -0.1) is 0 Å². The molecule has 4 aromatic rings. The second-order valence-corrected chi connectivity index (χ2v) is 9.10. The molecule has 5 rings (SSSR count). The van der Waals surface area contributed by atoms with E-state index < -0.39 is 0 Å². The largest absolute Gasteiger partial charge is 0.462 e. The Morgan fingerprint density at radius 2 is 1.79 bits per heavy atom. The van der Waals surface area contributed by atoms with Crippen molar-refractivity contribution in [2.45, 2.75) is 45.1 Å². The van der Waals surface area contributed by atoms with E-state index in [-0.39, 0.29) is 5.97 Å². The van der Waals surface area contributed by atoms with E-state index in [0.717, 1.165) is 16.6 Å². The predicted molar refractivity (Wildman–Crippen MR) is 136 cm³/mol. The molecule has 0 radical (unpaired) electrons. The molecule has 0 saturated heterocycles. The fourth-order valence-electron chi connectivity index (χ4n) is 5.62. The number of rotatable bonds is 6. The van der Waals surface area contributed by atoms with Crippen LogP contribution in [0.15, 0.2) is 54.6 Å². The Hall–Kier alpha value is -3.11. The first kappa shape index (κ1) is 21.7. The van der Waals surface area contributed by atoms with Crippen LogP contribution in [0.1, 0.15) is 60.1 Å². The van der Waals surface area contributed by atoms with Gasteiger partial charge in [-0.1, -0.05) is 55.3 Å². The van der Waals surface area contributed by atoms with Crippen LogP contribution in [0.5, 0.6) is 0 Å². The number of aryl methyl sites for hydroxylation is 1. The molecule has 4 nitrogen and oxygen atoms in total. The second kappa shape index (κ2) is 9.03. The number of nitrogens with one attached hydrogen (secondary N) is 1. The molecule has 1 heterocycles. The first-order valence-electron chi connectivity index (χ1n) is 12.1. The average Bonchev–Trinajstić information content (AvgIpc) is 3.46. The molecule has 1 fully saturated rings. The minimum atomic E-state index is -0.245. The van der Waals surface area contributed by atoms with E-state index in [1.165, 1.54) is 53.1 Å². The van der Waals surface area contributed by atoms with Crippen molar-refractivity contribution in [2.24, 2.45) is 7.05 Å². The minimum absolute atomic E-state index is 0.245. The van der Waals surface area contributed by atoms with E-state index in [1.807, 2.05) is 14.0 Å². The zero-order valence-corrected chi connectivity index (χ0v) is 19.8. The number of fused-ring (bicyclic) bond motifs is 2. The number of aromatic nitrogens is 1. The first-order valence-corrected chi connectivity index (χ1v) is 12.1. The van der Waals surface area contributed by atoms with Crippen molar-refractivity contribution < 1.29 is 9.53 Å². The normalized spacial score (nSPS) is 14.4. The maximum absolute atomic E-state index is 13.1. The predicted octanol–water partition coefficient (Wildman–Crippen LogP) is 6.55. The van der Waals surface area contributed by atoms with Gasteiger partial charge in [-0.3, -0.25) is 0 Å². The number of benzene rings is 3. The number of esters is 1. The lowest BCUT2D eigenvalue weighted by molar-refractivity contribution is 0.0527. The fraction of sp³-hybridized carbons (Fsp3) is 0.345. The van der Waals surface area contributed by atoms with E-state index in [2.05, 4.69) is 71.5 Å². The zero-order chi connectivity index (χ0) is 22.9. The van der Waals surface area contributed by atoms with Gasteiger partial charge in [0.15, 0.2) is 0 Å². The molecule has 0 aliphatic heterocycles. The summed E-state index contributed by atoms with van der Waals surface area (Å²) in [7, 11) is 3.98. The standard InChI is InChI=1S/C29H32N2O2/c1-4-33-29(32)28-25-16-24(22-15-9-13-19-10-7-8-14-21(19)22)23(20-11-5-6-12-20)17-26(25)31(3)27(28)18-30-2/h7-10,13-17,20,30H,4-6,11-12,18H2,1-3H3. The van der Waals surface area contributed by atoms with Gasteiger partial charge in [0.25, 0.3) is 0 Å². The molecule has 1 aromatic heterocycles. The third kappa shape index (κ3) is 3.72. The molecule has 1 aliphatic carbocycles. The number of hydrogen-bond acceptors (Lipinski definition) is 3. The molecule has 0 bridgehead atoms. The highest BCUT2D eigenvalue weighted by molar-refractivity contribution is 6.08. The fourth-order valence-corrected chi connectivity index (χ4v) is 5.62. The molecule has 0 spiro atoms. The summed E-state index contributed by atoms with van der Waals surface area (Å²) in [6.45, 7) is 2.84. The molecule has 1 aliphatic rings. The summed E-state index contributed by atoms with van der Waals surface area (Å²) in [6, 6.07) is 19.7. The van der Waals surface area contributed by atoms with Crippen molar-refractivity contribution in [3.63, 3.8) is 0 Å². The van der Waals surface area contributed by atoms with Crippen molar-refractivity contribution in [2.75, 3.05) is 13.7 Å². The highest BCUT2D eigenvalue weighted by Crippen LogP contribution is 2.44. The number of ether oxygens (including phenoxy) is 1. The Morgan fingerprint density at radius 3 is 2.55 bits per heavy atom. The number of nitrogens with zero attached hydrogens (tertiary/aromatic N) is 1. The van der Waals surface area contributed by atoms with Crippen molar-refractivity contribution in [1.82, 2.24) is 9.88 Å². The van der Waals surface area contributed by atoms with E-state index in [9.17, 15) is 4.79 Å². The average molecular weight is 441 g/mol. The third-order valence-corrected chi connectivity index (χ3v) is 7.19. The second-order valence-electron chi connectivity index (χ2n) is 9.10. The van der Waals surface area contributed by atoms with Crippen LogP contribution in [0.25, 0.3) is 32.8 Å². The quantitative estimate of drug-likeness (QED) is 0.346. The van der Waals surface area contributed by atoms with Crippen LogP contribution < -0.4 is 5.32 Å². The Kier molecular flexibility index (Phi) is 5.94. The van der Waals surface area contributed by atoms with Crippen LogP contribution in [0.3, 0.4) is 0 Å². The summed E-state index contributed by atoms with van der Waals surface area (Å²) < 4.78 is 7.67. The summed E-state index contributed by atoms with van der Waals surface area (Å²) in [5.74, 6) is 0.308. The van der Waals surface area contributed by atoms with Crippen molar-refractivity contribution in [3.05, 3.63) is 71.4 Å². The Bertz CT molecular complexity index is 1320. The van der Waals surface area contributed by atoms with Crippen LogP contribution in [0, 0.1) is 0 Å². The molecule has 3 aromatic carbocycles. The molecule has 0 unspecified atom stereocenters. The van der Waals surface area contributed by atoms with Gasteiger partial charge in [-0.25, -0.2) is 4.79 Å². The van der Waals surface area contributed by atoms with E-state index >= 15 is 0 Å².